The molecule has 0 radical (unpaired) electrons. The van der Waals surface area contributed by atoms with Crippen LogP contribution in [0.2, 0.25) is 0 Å². The molecule has 154 valence electrons. The van der Waals surface area contributed by atoms with Crippen LogP contribution in [0.25, 0.3) is 0 Å². The molecule has 0 aromatic heterocycles. The van der Waals surface area contributed by atoms with Crippen LogP contribution >= 0.6 is 0 Å². The molecule has 2 rings (SSSR count). The van der Waals surface area contributed by atoms with Crippen LogP contribution < -0.4 is 0 Å². The van der Waals surface area contributed by atoms with E-state index in [1.807, 2.05) is 0 Å². The van der Waals surface area contributed by atoms with Gasteiger partial charge in [0.2, 0.25) is 0 Å². The first kappa shape index (κ1) is 22.3. The van der Waals surface area contributed by atoms with Crippen molar-refractivity contribution in [3.63, 3.8) is 0 Å². The maximum Gasteiger partial charge on any atom is -0.0295 e. The molecule has 2 aliphatic carbocycles. The highest BCUT2D eigenvalue weighted by atomic mass is 14.4. The Labute approximate surface area is 166 Å². The van der Waals surface area contributed by atoms with Gasteiger partial charge in [-0.2, -0.15) is 0 Å². The van der Waals surface area contributed by atoms with E-state index in [2.05, 4.69) is 13.8 Å². The third-order valence-corrected chi connectivity index (χ3v) is 7.98. The van der Waals surface area contributed by atoms with Gasteiger partial charge in [0.1, 0.15) is 0 Å². The lowest BCUT2D eigenvalue weighted by Gasteiger charge is -2.43. The average molecular weight is 363 g/mol. The lowest BCUT2D eigenvalue weighted by atomic mass is 9.62. The molecule has 0 aromatic rings. The quantitative estimate of drug-likeness (QED) is 0.303. The van der Waals surface area contributed by atoms with Crippen LogP contribution in [0.15, 0.2) is 0 Å². The van der Waals surface area contributed by atoms with Crippen LogP contribution in [0.5, 0.6) is 0 Å². The fourth-order valence-electron chi connectivity index (χ4n) is 6.27. The molecule has 0 heterocycles. The number of hydrogen-bond donors (Lipinski definition) is 0. The third kappa shape index (κ3) is 7.93. The first-order chi connectivity index (χ1) is 12.8. The molecule has 26 heavy (non-hydrogen) atoms. The lowest BCUT2D eigenvalue weighted by Crippen LogP contribution is -2.33. The molecule has 2 unspecified atom stereocenters. The Kier molecular flexibility index (Phi) is 11.3. The van der Waals surface area contributed by atoms with Crippen molar-refractivity contribution in [1.82, 2.24) is 0 Å². The van der Waals surface area contributed by atoms with Crippen molar-refractivity contribution in [2.45, 2.75) is 149 Å². The van der Waals surface area contributed by atoms with Crippen molar-refractivity contribution in [2.75, 3.05) is 0 Å². The second kappa shape index (κ2) is 13.2. The SMILES string of the molecule is CCCCCCCCCCCCC1(C)CCCCCCC1C1CCCC1. The molecular formula is C26H50. The minimum atomic E-state index is 0.676. The van der Waals surface area contributed by atoms with E-state index in [4.69, 9.17) is 0 Å². The number of hydrogen-bond acceptors (Lipinski definition) is 0. The van der Waals surface area contributed by atoms with Gasteiger partial charge in [-0.05, 0) is 36.5 Å². The first-order valence-electron chi connectivity index (χ1n) is 12.8. The molecule has 0 nitrogen and oxygen atoms in total. The van der Waals surface area contributed by atoms with E-state index in [9.17, 15) is 0 Å². The normalized spacial score (nSPS) is 28.2. The van der Waals surface area contributed by atoms with Gasteiger partial charge in [0, 0.05) is 0 Å². The van der Waals surface area contributed by atoms with E-state index in [1.165, 1.54) is 116 Å². The predicted molar refractivity (Wildman–Crippen MR) is 118 cm³/mol. The van der Waals surface area contributed by atoms with Crippen molar-refractivity contribution >= 4 is 0 Å². The Hall–Kier alpha value is 0. The molecule has 0 bridgehead atoms. The molecule has 2 fully saturated rings. The van der Waals surface area contributed by atoms with Crippen molar-refractivity contribution in [3.8, 4) is 0 Å². The van der Waals surface area contributed by atoms with Gasteiger partial charge in [-0.25, -0.2) is 0 Å². The molecule has 2 saturated carbocycles. The van der Waals surface area contributed by atoms with Crippen molar-refractivity contribution in [2.24, 2.45) is 17.3 Å². The van der Waals surface area contributed by atoms with Gasteiger partial charge in [-0.1, -0.05) is 129 Å². The summed E-state index contributed by atoms with van der Waals surface area (Å²) in [7, 11) is 0. The summed E-state index contributed by atoms with van der Waals surface area (Å²) >= 11 is 0. The van der Waals surface area contributed by atoms with Gasteiger partial charge < -0.3 is 0 Å². The zero-order chi connectivity index (χ0) is 18.5. The van der Waals surface area contributed by atoms with E-state index in [0.717, 1.165) is 11.8 Å². The highest BCUT2D eigenvalue weighted by Crippen LogP contribution is 2.50. The van der Waals surface area contributed by atoms with Gasteiger partial charge in [0.05, 0.1) is 0 Å². The molecule has 2 aliphatic rings. The fraction of sp³-hybridized carbons (Fsp3) is 1.00. The van der Waals surface area contributed by atoms with Crippen molar-refractivity contribution < 1.29 is 0 Å². The minimum Gasteiger partial charge on any atom is -0.0654 e. The summed E-state index contributed by atoms with van der Waals surface area (Å²) in [5, 5.41) is 0. The zero-order valence-corrected chi connectivity index (χ0v) is 18.5. The van der Waals surface area contributed by atoms with Crippen LogP contribution in [-0.4, -0.2) is 0 Å². The van der Waals surface area contributed by atoms with Crippen molar-refractivity contribution in [3.05, 3.63) is 0 Å². The molecule has 0 heteroatoms. The van der Waals surface area contributed by atoms with Crippen LogP contribution in [0, 0.1) is 17.3 Å². The molecule has 0 saturated heterocycles. The number of unbranched alkanes of at least 4 members (excludes halogenated alkanes) is 9. The summed E-state index contributed by atoms with van der Waals surface area (Å²) in [5.41, 5.74) is 0.676. The Balaban J connectivity index is 1.65. The van der Waals surface area contributed by atoms with E-state index in [1.54, 1.807) is 19.3 Å². The van der Waals surface area contributed by atoms with Crippen LogP contribution in [0.3, 0.4) is 0 Å². The summed E-state index contributed by atoms with van der Waals surface area (Å²) < 4.78 is 0. The third-order valence-electron chi connectivity index (χ3n) is 7.98. The largest absolute Gasteiger partial charge is 0.0654 e. The van der Waals surface area contributed by atoms with Crippen LogP contribution in [0.1, 0.15) is 149 Å². The Morgan fingerprint density at radius 2 is 1.15 bits per heavy atom. The predicted octanol–water partition coefficient (Wildman–Crippen LogP) is 9.46. The Bertz CT molecular complexity index is 327. The summed E-state index contributed by atoms with van der Waals surface area (Å²) in [6, 6.07) is 0. The first-order valence-corrected chi connectivity index (χ1v) is 12.8. The van der Waals surface area contributed by atoms with E-state index in [0.29, 0.717) is 5.41 Å². The molecule has 0 spiro atoms. The zero-order valence-electron chi connectivity index (χ0n) is 18.5. The topological polar surface area (TPSA) is 0 Å². The maximum atomic E-state index is 2.70. The summed E-state index contributed by atoms with van der Waals surface area (Å²) in [4.78, 5) is 0. The van der Waals surface area contributed by atoms with Crippen LogP contribution in [-0.2, 0) is 0 Å². The van der Waals surface area contributed by atoms with Gasteiger partial charge in [-0.15, -0.1) is 0 Å². The average Bonchev–Trinajstić information content (AvgIpc) is 3.15. The fourth-order valence-corrected chi connectivity index (χ4v) is 6.27. The van der Waals surface area contributed by atoms with E-state index < -0.39 is 0 Å². The molecule has 2 atom stereocenters. The highest BCUT2D eigenvalue weighted by molar-refractivity contribution is 4.89. The van der Waals surface area contributed by atoms with Crippen LogP contribution in [0.4, 0.5) is 0 Å². The highest BCUT2D eigenvalue weighted by Gasteiger charge is 2.39. The Morgan fingerprint density at radius 3 is 1.81 bits per heavy atom. The molecular weight excluding hydrogens is 312 g/mol. The smallest absolute Gasteiger partial charge is 0.0295 e. The van der Waals surface area contributed by atoms with E-state index >= 15 is 0 Å². The number of rotatable bonds is 12. The van der Waals surface area contributed by atoms with Gasteiger partial charge in [0.25, 0.3) is 0 Å². The summed E-state index contributed by atoms with van der Waals surface area (Å²) in [6.07, 6.45) is 31.6. The maximum absolute atomic E-state index is 2.70. The van der Waals surface area contributed by atoms with Gasteiger partial charge in [0.15, 0.2) is 0 Å². The minimum absolute atomic E-state index is 0.676. The standard InChI is InChI=1S/C26H50/c1-3-4-5-6-7-8-9-10-12-17-22-26(2)23-18-13-11-14-21-25(26)24-19-15-16-20-24/h24-25H,3-23H2,1-2H3. The molecule has 0 aliphatic heterocycles. The second-order valence-electron chi connectivity index (χ2n) is 10.2. The van der Waals surface area contributed by atoms with Gasteiger partial charge in [-0.3, -0.25) is 0 Å². The van der Waals surface area contributed by atoms with Crippen molar-refractivity contribution in [1.29, 1.82) is 0 Å². The molecule has 0 N–H and O–H groups in total. The lowest BCUT2D eigenvalue weighted by molar-refractivity contribution is 0.0716. The van der Waals surface area contributed by atoms with Gasteiger partial charge >= 0.3 is 0 Å². The monoisotopic (exact) mass is 362 g/mol. The summed E-state index contributed by atoms with van der Waals surface area (Å²) in [6.45, 7) is 5.02. The van der Waals surface area contributed by atoms with E-state index in [-0.39, 0.29) is 0 Å². The Morgan fingerprint density at radius 1 is 0.615 bits per heavy atom. The molecule has 0 aromatic carbocycles. The summed E-state index contributed by atoms with van der Waals surface area (Å²) in [5.74, 6) is 2.14. The molecule has 0 amide bonds. The second-order valence-corrected chi connectivity index (χ2v) is 10.2.